The Hall–Kier alpha value is -2.34. The highest BCUT2D eigenvalue weighted by Crippen LogP contribution is 2.30. The first-order chi connectivity index (χ1) is 12.0. The molecule has 0 spiro atoms. The third kappa shape index (κ3) is 2.61. The van der Waals surface area contributed by atoms with Gasteiger partial charge in [-0.3, -0.25) is 14.5 Å². The molecule has 1 amide bonds. The van der Waals surface area contributed by atoms with Crippen LogP contribution in [0.25, 0.3) is 10.9 Å². The van der Waals surface area contributed by atoms with E-state index in [2.05, 4.69) is 17.1 Å². The largest absolute Gasteiger partial charge is 0.480 e. The van der Waals surface area contributed by atoms with Gasteiger partial charge in [0.15, 0.2) is 0 Å². The number of rotatable bonds is 3. The standard InChI is InChI=1S/C19H23N3O3/c1-19(18(24)25)8-4-9-22(19)12-17(23)21-10-7-16-14(11-21)13-5-2-3-6-15(13)20-16/h2-3,5-6,20H,4,7-12H2,1H3,(H,24,25). The number of hydrogen-bond acceptors (Lipinski definition) is 3. The Bertz CT molecular complexity index is 844. The number of carboxylic acid groups (broad SMARTS) is 1. The lowest BCUT2D eigenvalue weighted by Crippen LogP contribution is -2.52. The summed E-state index contributed by atoms with van der Waals surface area (Å²) in [4.78, 5) is 31.5. The third-order valence-corrected chi connectivity index (χ3v) is 5.81. The average molecular weight is 341 g/mol. The van der Waals surface area contributed by atoms with E-state index in [1.165, 1.54) is 16.6 Å². The molecule has 1 aromatic carbocycles. The number of fused-ring (bicyclic) bond motifs is 3. The number of para-hydroxylation sites is 1. The molecule has 0 saturated carbocycles. The Morgan fingerprint density at radius 3 is 2.88 bits per heavy atom. The molecule has 1 atom stereocenters. The van der Waals surface area contributed by atoms with Crippen LogP contribution < -0.4 is 0 Å². The predicted molar refractivity (Wildman–Crippen MR) is 94.3 cm³/mol. The minimum absolute atomic E-state index is 0.0188. The average Bonchev–Trinajstić information content (AvgIpc) is 3.16. The maximum absolute atomic E-state index is 12.8. The molecular formula is C19H23N3O3. The van der Waals surface area contributed by atoms with Crippen molar-refractivity contribution in [2.24, 2.45) is 0 Å². The first-order valence-electron chi connectivity index (χ1n) is 8.84. The van der Waals surface area contributed by atoms with E-state index >= 15 is 0 Å². The van der Waals surface area contributed by atoms with Crippen molar-refractivity contribution in [3.05, 3.63) is 35.5 Å². The Morgan fingerprint density at radius 2 is 2.08 bits per heavy atom. The molecule has 2 N–H and O–H groups in total. The number of likely N-dealkylation sites (tertiary alicyclic amines) is 1. The summed E-state index contributed by atoms with van der Waals surface area (Å²) in [5.74, 6) is -0.819. The lowest BCUT2D eigenvalue weighted by atomic mass is 9.99. The molecule has 4 rings (SSSR count). The summed E-state index contributed by atoms with van der Waals surface area (Å²) in [6, 6.07) is 8.16. The molecule has 2 aliphatic rings. The van der Waals surface area contributed by atoms with Crippen molar-refractivity contribution in [3.63, 3.8) is 0 Å². The normalized spacial score (nSPS) is 23.8. The number of aliphatic carboxylic acids is 1. The van der Waals surface area contributed by atoms with Gasteiger partial charge >= 0.3 is 5.97 Å². The fourth-order valence-corrected chi connectivity index (χ4v) is 4.16. The molecule has 1 fully saturated rings. The molecule has 1 unspecified atom stereocenters. The fraction of sp³-hybridized carbons (Fsp3) is 0.474. The zero-order chi connectivity index (χ0) is 17.6. The zero-order valence-electron chi connectivity index (χ0n) is 14.4. The molecule has 132 valence electrons. The molecule has 1 aromatic heterocycles. The molecule has 6 heteroatoms. The second-order valence-electron chi connectivity index (χ2n) is 7.30. The summed E-state index contributed by atoms with van der Waals surface area (Å²) >= 11 is 0. The highest BCUT2D eigenvalue weighted by molar-refractivity contribution is 5.87. The quantitative estimate of drug-likeness (QED) is 0.895. The number of carboxylic acids is 1. The summed E-state index contributed by atoms with van der Waals surface area (Å²) in [7, 11) is 0. The van der Waals surface area contributed by atoms with Crippen LogP contribution in [0.4, 0.5) is 0 Å². The van der Waals surface area contributed by atoms with Crippen molar-refractivity contribution < 1.29 is 14.7 Å². The van der Waals surface area contributed by atoms with Crippen molar-refractivity contribution in [2.45, 2.75) is 38.3 Å². The van der Waals surface area contributed by atoms with E-state index in [4.69, 9.17) is 0 Å². The zero-order valence-corrected chi connectivity index (χ0v) is 14.4. The van der Waals surface area contributed by atoms with Gasteiger partial charge in [-0.05, 0) is 32.4 Å². The summed E-state index contributed by atoms with van der Waals surface area (Å²) in [6.07, 6.45) is 2.23. The number of H-pyrrole nitrogens is 1. The van der Waals surface area contributed by atoms with Gasteiger partial charge in [0.2, 0.25) is 5.91 Å². The highest BCUT2D eigenvalue weighted by atomic mass is 16.4. The molecule has 0 bridgehead atoms. The van der Waals surface area contributed by atoms with Crippen molar-refractivity contribution in [1.82, 2.24) is 14.8 Å². The summed E-state index contributed by atoms with van der Waals surface area (Å²) in [5, 5.41) is 10.7. The van der Waals surface area contributed by atoms with Crippen molar-refractivity contribution in [1.29, 1.82) is 0 Å². The number of aromatic nitrogens is 1. The van der Waals surface area contributed by atoms with Crippen LogP contribution in [0.5, 0.6) is 0 Å². The highest BCUT2D eigenvalue weighted by Gasteiger charge is 2.44. The minimum atomic E-state index is -0.919. The number of carbonyl (C=O) groups excluding carboxylic acids is 1. The van der Waals surface area contributed by atoms with Gasteiger partial charge in [0, 0.05) is 41.7 Å². The maximum Gasteiger partial charge on any atom is 0.323 e. The van der Waals surface area contributed by atoms with Crippen LogP contribution in [0.15, 0.2) is 24.3 Å². The molecule has 6 nitrogen and oxygen atoms in total. The van der Waals surface area contributed by atoms with Gasteiger partial charge in [0.05, 0.1) is 6.54 Å². The fourth-order valence-electron chi connectivity index (χ4n) is 4.16. The van der Waals surface area contributed by atoms with Crippen LogP contribution in [0.1, 0.15) is 31.0 Å². The number of carbonyl (C=O) groups is 2. The monoisotopic (exact) mass is 341 g/mol. The van der Waals surface area contributed by atoms with E-state index in [0.717, 1.165) is 18.4 Å². The van der Waals surface area contributed by atoms with Gasteiger partial charge in [0.25, 0.3) is 0 Å². The lowest BCUT2D eigenvalue weighted by Gasteiger charge is -2.34. The van der Waals surface area contributed by atoms with Crippen LogP contribution >= 0.6 is 0 Å². The second kappa shape index (κ2) is 5.88. The number of amides is 1. The maximum atomic E-state index is 12.8. The minimum Gasteiger partial charge on any atom is -0.480 e. The number of nitrogens with one attached hydrogen (secondary N) is 1. The van der Waals surface area contributed by atoms with Gasteiger partial charge in [-0.15, -0.1) is 0 Å². The molecule has 25 heavy (non-hydrogen) atoms. The Morgan fingerprint density at radius 1 is 1.28 bits per heavy atom. The molecule has 2 aromatic rings. The second-order valence-corrected chi connectivity index (χ2v) is 7.30. The van der Waals surface area contributed by atoms with Crippen LogP contribution in [0.3, 0.4) is 0 Å². The number of nitrogens with zero attached hydrogens (tertiary/aromatic N) is 2. The van der Waals surface area contributed by atoms with Crippen molar-refractivity contribution >= 4 is 22.8 Å². The topological polar surface area (TPSA) is 76.6 Å². The van der Waals surface area contributed by atoms with Gasteiger partial charge in [-0.1, -0.05) is 18.2 Å². The van der Waals surface area contributed by atoms with Gasteiger partial charge < -0.3 is 15.0 Å². The molecule has 0 aliphatic carbocycles. The van der Waals surface area contributed by atoms with Gasteiger partial charge in [-0.25, -0.2) is 0 Å². The molecule has 3 heterocycles. The molecule has 0 radical (unpaired) electrons. The van der Waals surface area contributed by atoms with Crippen molar-refractivity contribution in [2.75, 3.05) is 19.6 Å². The number of aromatic amines is 1. The molecule has 1 saturated heterocycles. The Kier molecular flexibility index (Phi) is 3.80. The van der Waals surface area contributed by atoms with E-state index in [1.54, 1.807) is 6.92 Å². The van der Waals surface area contributed by atoms with Crippen molar-refractivity contribution in [3.8, 4) is 0 Å². The predicted octanol–water partition coefficient (Wildman–Crippen LogP) is 1.99. The number of benzene rings is 1. The Labute approximate surface area is 146 Å². The van der Waals surface area contributed by atoms with Crippen LogP contribution in [-0.4, -0.2) is 56.9 Å². The molecular weight excluding hydrogens is 318 g/mol. The third-order valence-electron chi connectivity index (χ3n) is 5.81. The lowest BCUT2D eigenvalue weighted by molar-refractivity contribution is -0.150. The SMILES string of the molecule is CC1(C(=O)O)CCCN1CC(=O)N1CCc2[nH]c3ccccc3c2C1. The summed E-state index contributed by atoms with van der Waals surface area (Å²) in [5.41, 5.74) is 2.59. The molecule has 2 aliphatic heterocycles. The summed E-state index contributed by atoms with van der Waals surface area (Å²) in [6.45, 7) is 3.84. The van der Waals surface area contributed by atoms with E-state index < -0.39 is 11.5 Å². The van der Waals surface area contributed by atoms with E-state index in [0.29, 0.717) is 26.1 Å². The van der Waals surface area contributed by atoms with E-state index in [9.17, 15) is 14.7 Å². The number of hydrogen-bond donors (Lipinski definition) is 2. The van der Waals surface area contributed by atoms with E-state index in [1.807, 2.05) is 21.9 Å². The van der Waals surface area contributed by atoms with Crippen LogP contribution in [-0.2, 0) is 22.6 Å². The van der Waals surface area contributed by atoms with E-state index in [-0.39, 0.29) is 12.5 Å². The first-order valence-corrected chi connectivity index (χ1v) is 8.84. The van der Waals surface area contributed by atoms with Crippen LogP contribution in [0.2, 0.25) is 0 Å². The summed E-state index contributed by atoms with van der Waals surface area (Å²) < 4.78 is 0. The Balaban J connectivity index is 1.52. The smallest absolute Gasteiger partial charge is 0.323 e. The first kappa shape index (κ1) is 16.1. The van der Waals surface area contributed by atoms with Gasteiger partial charge in [-0.2, -0.15) is 0 Å². The van der Waals surface area contributed by atoms with Crippen LogP contribution in [0, 0.1) is 0 Å². The van der Waals surface area contributed by atoms with Gasteiger partial charge in [0.1, 0.15) is 5.54 Å².